The highest BCUT2D eigenvalue weighted by atomic mass is 32.2. The molecule has 172 valence electrons. The summed E-state index contributed by atoms with van der Waals surface area (Å²) >= 11 is 2.01. The summed E-state index contributed by atoms with van der Waals surface area (Å²) in [6.45, 7) is 0.787. The summed E-state index contributed by atoms with van der Waals surface area (Å²) in [5.41, 5.74) is 9.09. The fraction of sp³-hybridized carbons (Fsp3) is 0.538. The van der Waals surface area contributed by atoms with Gasteiger partial charge in [-0.05, 0) is 86.1 Å². The number of amidine groups is 1. The Kier molecular flexibility index (Phi) is 8.09. The number of rotatable bonds is 11. The van der Waals surface area contributed by atoms with Crippen molar-refractivity contribution in [3.05, 3.63) is 47.7 Å². The highest BCUT2D eigenvalue weighted by Gasteiger charge is 2.30. The Morgan fingerprint density at radius 1 is 1.19 bits per heavy atom. The van der Waals surface area contributed by atoms with Crippen LogP contribution in [0.25, 0.3) is 5.57 Å². The largest absolute Gasteiger partial charge is 0.396 e. The number of aliphatic hydroxyl groups is 1. The van der Waals surface area contributed by atoms with E-state index in [0.717, 1.165) is 23.7 Å². The molecule has 1 aromatic rings. The van der Waals surface area contributed by atoms with E-state index in [2.05, 4.69) is 34.6 Å². The second-order valence-electron chi connectivity index (χ2n) is 9.18. The van der Waals surface area contributed by atoms with Gasteiger partial charge in [-0.3, -0.25) is 4.79 Å². The first kappa shape index (κ1) is 23.1. The molecule has 1 amide bonds. The molecule has 0 atom stereocenters. The second kappa shape index (κ2) is 11.2. The molecule has 0 bridgehead atoms. The number of hydrogen-bond acceptors (Lipinski definition) is 4. The number of aliphatic hydroxyl groups excluding tert-OH is 1. The summed E-state index contributed by atoms with van der Waals surface area (Å²) in [7, 11) is 0. The molecule has 0 aromatic heterocycles. The highest BCUT2D eigenvalue weighted by molar-refractivity contribution is 8.00. The van der Waals surface area contributed by atoms with E-state index in [1.807, 2.05) is 11.8 Å². The number of aliphatic imine (C=N–C) groups is 1. The number of thioether (sulfide) groups is 1. The van der Waals surface area contributed by atoms with Crippen molar-refractivity contribution in [3.8, 4) is 0 Å². The van der Waals surface area contributed by atoms with Crippen LogP contribution in [-0.2, 0) is 4.79 Å². The average molecular weight is 454 g/mol. The monoisotopic (exact) mass is 453 g/mol. The van der Waals surface area contributed by atoms with Gasteiger partial charge >= 0.3 is 0 Å². The molecule has 3 aliphatic rings. The Labute approximate surface area is 195 Å². The van der Waals surface area contributed by atoms with Gasteiger partial charge in [0.15, 0.2) is 0 Å². The molecule has 1 aromatic carbocycles. The van der Waals surface area contributed by atoms with Crippen LogP contribution in [0.5, 0.6) is 0 Å². The van der Waals surface area contributed by atoms with Gasteiger partial charge in [0, 0.05) is 35.1 Å². The Hall–Kier alpha value is -2.05. The number of hydrogen-bond donors (Lipinski definition) is 3. The quantitative estimate of drug-likeness (QED) is 0.195. The third-order valence-corrected chi connectivity index (χ3v) is 7.70. The maximum atomic E-state index is 13.2. The fourth-order valence-corrected chi connectivity index (χ4v) is 5.42. The van der Waals surface area contributed by atoms with Gasteiger partial charge in [-0.15, -0.1) is 11.8 Å². The topological polar surface area (TPSA) is 87.7 Å². The van der Waals surface area contributed by atoms with Crippen molar-refractivity contribution in [3.63, 3.8) is 0 Å². The van der Waals surface area contributed by atoms with Gasteiger partial charge < -0.3 is 16.2 Å². The molecule has 0 heterocycles. The number of nitrogens with zero attached hydrogens (tertiary/aromatic N) is 1. The zero-order valence-electron chi connectivity index (χ0n) is 18.8. The third-order valence-electron chi connectivity index (χ3n) is 6.27. The van der Waals surface area contributed by atoms with Crippen LogP contribution >= 0.6 is 11.8 Å². The van der Waals surface area contributed by atoms with Crippen molar-refractivity contribution in [1.29, 1.82) is 0 Å². The van der Waals surface area contributed by atoms with Crippen LogP contribution in [0, 0.1) is 5.92 Å². The first-order valence-electron chi connectivity index (χ1n) is 12.1. The standard InChI is InChI=1S/C26H35N3O2S/c27-25(12-14-28-13-3-15-30)29-26(31)23(16-18-4-1-2-5-18)20-8-11-24(32-21-9-10-21)22(17-20)19-6-7-19/h8,11-12,14,16-19,21,28,30H,1-7,9-10,13,15H2,(H2,27,29,31)/b14-12-,23-16+. The van der Waals surface area contributed by atoms with Gasteiger partial charge in [0.05, 0.1) is 0 Å². The molecule has 4 N–H and O–H groups in total. The van der Waals surface area contributed by atoms with E-state index in [4.69, 9.17) is 10.8 Å². The van der Waals surface area contributed by atoms with Gasteiger partial charge in [0.25, 0.3) is 5.91 Å². The van der Waals surface area contributed by atoms with Crippen LogP contribution in [0.15, 0.2) is 46.4 Å². The summed E-state index contributed by atoms with van der Waals surface area (Å²) in [4.78, 5) is 18.8. The summed E-state index contributed by atoms with van der Waals surface area (Å²) in [6.07, 6.45) is 15.9. The molecule has 4 rings (SSSR count). The van der Waals surface area contributed by atoms with Gasteiger partial charge in [-0.25, -0.2) is 0 Å². The van der Waals surface area contributed by atoms with Crippen molar-refractivity contribution < 1.29 is 9.90 Å². The van der Waals surface area contributed by atoms with E-state index < -0.39 is 0 Å². The first-order valence-corrected chi connectivity index (χ1v) is 12.9. The zero-order chi connectivity index (χ0) is 22.3. The van der Waals surface area contributed by atoms with Crippen molar-refractivity contribution >= 4 is 29.1 Å². The molecule has 5 nitrogen and oxygen atoms in total. The Balaban J connectivity index is 1.56. The fourth-order valence-electron chi connectivity index (χ4n) is 4.18. The molecule has 3 aliphatic carbocycles. The Bertz CT molecular complexity index is 894. The SMILES string of the molecule is NC(/C=C\NCCCO)=NC(=O)/C(=C/C1CCCC1)c1ccc(SC2CC2)c(C2CC2)c1. The molecular formula is C26H35N3O2S. The molecule has 3 fully saturated rings. The number of nitrogens with two attached hydrogens (primary N) is 1. The van der Waals surface area contributed by atoms with Crippen molar-refractivity contribution in [2.24, 2.45) is 16.6 Å². The smallest absolute Gasteiger partial charge is 0.279 e. The molecule has 0 unspecified atom stereocenters. The minimum Gasteiger partial charge on any atom is -0.396 e. The van der Waals surface area contributed by atoms with Crippen LogP contribution < -0.4 is 11.1 Å². The highest BCUT2D eigenvalue weighted by Crippen LogP contribution is 2.48. The lowest BCUT2D eigenvalue weighted by Gasteiger charge is -2.13. The summed E-state index contributed by atoms with van der Waals surface area (Å²) in [5, 5.41) is 12.6. The van der Waals surface area contributed by atoms with Crippen LogP contribution in [0.4, 0.5) is 0 Å². The molecule has 3 saturated carbocycles. The van der Waals surface area contributed by atoms with E-state index in [1.54, 1.807) is 12.3 Å². The Morgan fingerprint density at radius 3 is 2.66 bits per heavy atom. The number of amides is 1. The molecule has 0 saturated heterocycles. The maximum Gasteiger partial charge on any atom is 0.279 e. The van der Waals surface area contributed by atoms with E-state index >= 15 is 0 Å². The van der Waals surface area contributed by atoms with Crippen molar-refractivity contribution in [2.75, 3.05) is 13.2 Å². The lowest BCUT2D eigenvalue weighted by molar-refractivity contribution is -0.112. The minimum absolute atomic E-state index is 0.138. The van der Waals surface area contributed by atoms with E-state index in [9.17, 15) is 4.79 Å². The molecule has 32 heavy (non-hydrogen) atoms. The van der Waals surface area contributed by atoms with Crippen LogP contribution in [0.1, 0.15) is 74.8 Å². The van der Waals surface area contributed by atoms with Crippen LogP contribution in [-0.4, -0.2) is 35.3 Å². The number of nitrogens with one attached hydrogen (secondary N) is 1. The second-order valence-corrected chi connectivity index (χ2v) is 10.5. The molecule has 0 spiro atoms. The summed E-state index contributed by atoms with van der Waals surface area (Å²) in [5.74, 6) is 0.998. The van der Waals surface area contributed by atoms with E-state index in [-0.39, 0.29) is 18.3 Å². The summed E-state index contributed by atoms with van der Waals surface area (Å²) in [6, 6.07) is 6.58. The molecule has 6 heteroatoms. The van der Waals surface area contributed by atoms with Gasteiger partial charge in [-0.2, -0.15) is 4.99 Å². The van der Waals surface area contributed by atoms with Crippen LogP contribution in [0.3, 0.4) is 0 Å². The van der Waals surface area contributed by atoms with Gasteiger partial charge in [0.1, 0.15) is 5.84 Å². The lowest BCUT2D eigenvalue weighted by atomic mass is 9.96. The molecular weight excluding hydrogens is 418 g/mol. The Morgan fingerprint density at radius 2 is 1.97 bits per heavy atom. The number of carbonyl (C=O) groups excluding carboxylic acids is 1. The maximum absolute atomic E-state index is 13.2. The van der Waals surface area contributed by atoms with E-state index in [1.165, 1.54) is 49.0 Å². The van der Waals surface area contributed by atoms with Gasteiger partial charge in [-0.1, -0.05) is 25.0 Å². The number of allylic oxidation sites excluding steroid dienone is 1. The van der Waals surface area contributed by atoms with E-state index in [0.29, 0.717) is 30.4 Å². The van der Waals surface area contributed by atoms with Crippen LogP contribution in [0.2, 0.25) is 0 Å². The number of benzene rings is 1. The average Bonchev–Trinajstić information content (AvgIpc) is 3.72. The summed E-state index contributed by atoms with van der Waals surface area (Å²) < 4.78 is 0. The lowest BCUT2D eigenvalue weighted by Crippen LogP contribution is -2.15. The number of carbonyl (C=O) groups is 1. The first-order chi connectivity index (χ1) is 15.6. The normalized spacial score (nSPS) is 20.3. The van der Waals surface area contributed by atoms with Gasteiger partial charge in [0.2, 0.25) is 0 Å². The predicted molar refractivity (Wildman–Crippen MR) is 133 cm³/mol. The minimum atomic E-state index is -0.265. The molecule has 0 radical (unpaired) electrons. The van der Waals surface area contributed by atoms with Crippen molar-refractivity contribution in [1.82, 2.24) is 5.32 Å². The third kappa shape index (κ3) is 6.72. The zero-order valence-corrected chi connectivity index (χ0v) is 19.6. The predicted octanol–water partition coefficient (Wildman–Crippen LogP) is 4.76. The molecule has 0 aliphatic heterocycles. The van der Waals surface area contributed by atoms with Crippen molar-refractivity contribution in [2.45, 2.75) is 73.9 Å².